The van der Waals surface area contributed by atoms with Crippen LogP contribution in [-0.4, -0.2) is 33.1 Å². The van der Waals surface area contributed by atoms with Crippen molar-refractivity contribution in [2.75, 3.05) is 13.1 Å². The minimum Gasteiger partial charge on any atom is -0.339 e. The highest BCUT2D eigenvalue weighted by Crippen LogP contribution is 2.39. The monoisotopic (exact) mass is 284 g/mol. The lowest BCUT2D eigenvalue weighted by Crippen LogP contribution is -2.34. The first kappa shape index (κ1) is 13.0. The van der Waals surface area contributed by atoms with E-state index in [2.05, 4.69) is 32.2 Å². The predicted octanol–water partition coefficient (Wildman–Crippen LogP) is 2.72. The van der Waals surface area contributed by atoms with Crippen LogP contribution >= 0.6 is 0 Å². The number of rotatable bonds is 4. The molecule has 0 aromatic carbocycles. The molecule has 2 fully saturated rings. The lowest BCUT2D eigenvalue weighted by atomic mass is 9.97. The fraction of sp³-hybridized carbons (Fsp3) is 0.562. The fourth-order valence-corrected chi connectivity index (χ4v) is 3.07. The van der Waals surface area contributed by atoms with Gasteiger partial charge in [0.1, 0.15) is 0 Å². The Morgan fingerprint density at radius 1 is 1.14 bits per heavy atom. The fourth-order valence-electron chi connectivity index (χ4n) is 3.07. The number of piperidine rings is 1. The average molecular weight is 284 g/mol. The summed E-state index contributed by atoms with van der Waals surface area (Å²) in [4.78, 5) is 11.2. The topological polar surface area (TPSA) is 55.1 Å². The zero-order valence-electron chi connectivity index (χ0n) is 12.1. The van der Waals surface area contributed by atoms with Gasteiger partial charge in [0.2, 0.25) is 5.89 Å². The quantitative estimate of drug-likeness (QED) is 0.864. The third-order valence-corrected chi connectivity index (χ3v) is 4.41. The standard InChI is InChI=1S/C16H20N4O/c1-2-14(15-18-16(21-19-15)13-3-4-13)11-20(9-1)10-12-5-7-17-8-6-12/h5-8,13-14H,1-4,9-11H2/t14-/m0/s1. The van der Waals surface area contributed by atoms with Gasteiger partial charge in [0, 0.05) is 37.3 Å². The lowest BCUT2D eigenvalue weighted by molar-refractivity contribution is 0.194. The third-order valence-electron chi connectivity index (χ3n) is 4.41. The van der Waals surface area contributed by atoms with Gasteiger partial charge in [-0.15, -0.1) is 0 Å². The zero-order valence-corrected chi connectivity index (χ0v) is 12.1. The van der Waals surface area contributed by atoms with Crippen molar-refractivity contribution in [3.05, 3.63) is 41.8 Å². The first-order valence-electron chi connectivity index (χ1n) is 7.83. The third kappa shape index (κ3) is 2.97. The van der Waals surface area contributed by atoms with Crippen molar-refractivity contribution in [3.8, 4) is 0 Å². The Morgan fingerprint density at radius 2 is 2.00 bits per heavy atom. The van der Waals surface area contributed by atoms with E-state index in [0.29, 0.717) is 11.8 Å². The summed E-state index contributed by atoms with van der Waals surface area (Å²) < 4.78 is 5.41. The molecule has 0 unspecified atom stereocenters. The molecule has 5 heteroatoms. The molecule has 0 radical (unpaired) electrons. The van der Waals surface area contributed by atoms with Gasteiger partial charge in [0.05, 0.1) is 0 Å². The van der Waals surface area contributed by atoms with E-state index in [1.165, 1.54) is 24.8 Å². The molecule has 0 N–H and O–H groups in total. The second-order valence-electron chi connectivity index (χ2n) is 6.19. The van der Waals surface area contributed by atoms with E-state index in [9.17, 15) is 0 Å². The highest BCUT2D eigenvalue weighted by atomic mass is 16.5. The molecule has 1 aliphatic carbocycles. The summed E-state index contributed by atoms with van der Waals surface area (Å²) in [5.41, 5.74) is 1.32. The predicted molar refractivity (Wildman–Crippen MR) is 77.8 cm³/mol. The minimum atomic E-state index is 0.414. The summed E-state index contributed by atoms with van der Waals surface area (Å²) in [5.74, 6) is 2.73. The summed E-state index contributed by atoms with van der Waals surface area (Å²) >= 11 is 0. The Bertz CT molecular complexity index is 593. The van der Waals surface area contributed by atoms with Crippen molar-refractivity contribution in [2.45, 2.75) is 44.1 Å². The smallest absolute Gasteiger partial charge is 0.229 e. The Kier molecular flexibility index (Phi) is 3.43. The molecular formula is C16H20N4O. The van der Waals surface area contributed by atoms with Crippen LogP contribution in [0.3, 0.4) is 0 Å². The van der Waals surface area contributed by atoms with E-state index in [1.54, 1.807) is 0 Å². The van der Waals surface area contributed by atoms with E-state index in [4.69, 9.17) is 4.52 Å². The molecule has 0 spiro atoms. The molecule has 5 nitrogen and oxygen atoms in total. The average Bonchev–Trinajstić information content (AvgIpc) is 3.26. The van der Waals surface area contributed by atoms with E-state index in [-0.39, 0.29) is 0 Å². The van der Waals surface area contributed by atoms with Crippen LogP contribution < -0.4 is 0 Å². The Balaban J connectivity index is 1.42. The van der Waals surface area contributed by atoms with Gasteiger partial charge in [-0.2, -0.15) is 4.98 Å². The molecule has 0 amide bonds. The molecule has 3 heterocycles. The Labute approximate surface area is 124 Å². The molecule has 110 valence electrons. The van der Waals surface area contributed by atoms with Gasteiger partial charge >= 0.3 is 0 Å². The second kappa shape index (κ2) is 5.56. The molecule has 4 rings (SSSR count). The van der Waals surface area contributed by atoms with Crippen molar-refractivity contribution >= 4 is 0 Å². The SMILES string of the molecule is c1cc(CN2CCC[C@H](c3noc(C4CC4)n3)C2)ccn1. The number of likely N-dealkylation sites (tertiary alicyclic amines) is 1. The van der Waals surface area contributed by atoms with Gasteiger partial charge in [-0.25, -0.2) is 0 Å². The van der Waals surface area contributed by atoms with E-state index in [1.807, 2.05) is 12.4 Å². The van der Waals surface area contributed by atoms with Crippen LogP contribution in [0.2, 0.25) is 0 Å². The van der Waals surface area contributed by atoms with Gasteiger partial charge in [-0.1, -0.05) is 5.16 Å². The summed E-state index contributed by atoms with van der Waals surface area (Å²) in [6.07, 6.45) is 8.50. The van der Waals surface area contributed by atoms with Crippen molar-refractivity contribution in [3.63, 3.8) is 0 Å². The molecule has 1 saturated carbocycles. The number of aromatic nitrogens is 3. The first-order valence-corrected chi connectivity index (χ1v) is 7.83. The van der Waals surface area contributed by atoms with Crippen molar-refractivity contribution in [1.29, 1.82) is 0 Å². The number of hydrogen-bond donors (Lipinski definition) is 0. The van der Waals surface area contributed by atoms with Crippen LogP contribution in [0.15, 0.2) is 29.0 Å². The van der Waals surface area contributed by atoms with Crippen LogP contribution in [0.1, 0.15) is 54.8 Å². The maximum absolute atomic E-state index is 5.41. The summed E-state index contributed by atoms with van der Waals surface area (Å²) in [6, 6.07) is 4.17. The molecule has 2 aliphatic rings. The van der Waals surface area contributed by atoms with Gasteiger partial charge in [-0.3, -0.25) is 9.88 Å². The molecule has 2 aromatic heterocycles. The highest BCUT2D eigenvalue weighted by molar-refractivity contribution is 5.10. The Morgan fingerprint density at radius 3 is 2.81 bits per heavy atom. The molecule has 2 aromatic rings. The van der Waals surface area contributed by atoms with Gasteiger partial charge in [-0.05, 0) is 49.9 Å². The van der Waals surface area contributed by atoms with E-state index >= 15 is 0 Å². The Hall–Kier alpha value is -1.75. The largest absolute Gasteiger partial charge is 0.339 e. The maximum atomic E-state index is 5.41. The normalized spacial score (nSPS) is 23.3. The van der Waals surface area contributed by atoms with Gasteiger partial charge in [0.15, 0.2) is 5.82 Å². The summed E-state index contributed by atoms with van der Waals surface area (Å²) in [5, 5.41) is 4.22. The second-order valence-corrected chi connectivity index (χ2v) is 6.19. The zero-order chi connectivity index (χ0) is 14.1. The number of pyridine rings is 1. The van der Waals surface area contributed by atoms with E-state index < -0.39 is 0 Å². The molecule has 1 atom stereocenters. The van der Waals surface area contributed by atoms with Gasteiger partial charge < -0.3 is 4.52 Å². The molecule has 1 aliphatic heterocycles. The molecule has 0 bridgehead atoms. The summed E-state index contributed by atoms with van der Waals surface area (Å²) in [6.45, 7) is 3.14. The van der Waals surface area contributed by atoms with Gasteiger partial charge in [0.25, 0.3) is 0 Å². The molecule has 1 saturated heterocycles. The van der Waals surface area contributed by atoms with Crippen molar-refractivity contribution in [2.24, 2.45) is 0 Å². The van der Waals surface area contributed by atoms with Crippen LogP contribution in [0.4, 0.5) is 0 Å². The number of hydrogen-bond acceptors (Lipinski definition) is 5. The van der Waals surface area contributed by atoms with Crippen LogP contribution in [0.5, 0.6) is 0 Å². The minimum absolute atomic E-state index is 0.414. The maximum Gasteiger partial charge on any atom is 0.229 e. The highest BCUT2D eigenvalue weighted by Gasteiger charge is 2.32. The van der Waals surface area contributed by atoms with Crippen molar-refractivity contribution < 1.29 is 4.52 Å². The number of nitrogens with zero attached hydrogens (tertiary/aromatic N) is 4. The molecular weight excluding hydrogens is 264 g/mol. The van der Waals surface area contributed by atoms with Crippen LogP contribution in [0, 0.1) is 0 Å². The van der Waals surface area contributed by atoms with E-state index in [0.717, 1.165) is 37.8 Å². The summed E-state index contributed by atoms with van der Waals surface area (Å²) in [7, 11) is 0. The van der Waals surface area contributed by atoms with Crippen molar-refractivity contribution in [1.82, 2.24) is 20.0 Å². The van der Waals surface area contributed by atoms with Crippen LogP contribution in [-0.2, 0) is 6.54 Å². The lowest BCUT2D eigenvalue weighted by Gasteiger charge is -2.31. The first-order chi connectivity index (χ1) is 10.4. The molecule has 21 heavy (non-hydrogen) atoms. The van der Waals surface area contributed by atoms with Crippen LogP contribution in [0.25, 0.3) is 0 Å².